The molecule has 1 nitrogen and oxygen atoms in total. The molecule has 1 aromatic carbocycles. The standard InChI is InChI=1S/C19H25N/c1-12-19(17-5-3-4-6-18(17)20(12)2)15-8-13-7-14(10-15)11-16(19)9-13/h3-6,12-16H,7-11H2,1-2H3/t12-,13?,14?,15?,16?,19?/m0/s1. The second-order valence-electron chi connectivity index (χ2n) is 8.04. The zero-order chi connectivity index (χ0) is 13.5. The van der Waals surface area contributed by atoms with Crippen LogP contribution in [0.1, 0.15) is 44.6 Å². The quantitative estimate of drug-likeness (QED) is 0.680. The van der Waals surface area contributed by atoms with E-state index in [-0.39, 0.29) is 0 Å². The summed E-state index contributed by atoms with van der Waals surface area (Å²) in [6.45, 7) is 2.50. The summed E-state index contributed by atoms with van der Waals surface area (Å²) in [6.07, 6.45) is 7.60. The van der Waals surface area contributed by atoms with Gasteiger partial charge < -0.3 is 4.90 Å². The van der Waals surface area contributed by atoms with E-state index in [4.69, 9.17) is 0 Å². The van der Waals surface area contributed by atoms with Crippen molar-refractivity contribution in [3.63, 3.8) is 0 Å². The Morgan fingerprint density at radius 1 is 0.950 bits per heavy atom. The SMILES string of the molecule is C[C@@H]1N(C)c2ccccc2C12C1CC3CC(C1)CC2C3. The van der Waals surface area contributed by atoms with Gasteiger partial charge in [0.25, 0.3) is 0 Å². The van der Waals surface area contributed by atoms with Crippen LogP contribution in [0, 0.1) is 23.7 Å². The van der Waals surface area contributed by atoms with Gasteiger partial charge in [0.2, 0.25) is 0 Å². The number of nitrogens with zero attached hydrogens (tertiary/aromatic N) is 1. The maximum Gasteiger partial charge on any atom is 0.0405 e. The first-order valence-electron chi connectivity index (χ1n) is 8.53. The van der Waals surface area contributed by atoms with Crippen molar-refractivity contribution in [2.24, 2.45) is 23.7 Å². The van der Waals surface area contributed by atoms with Gasteiger partial charge in [0.1, 0.15) is 0 Å². The fourth-order valence-electron chi connectivity index (χ4n) is 6.99. The Balaban J connectivity index is 1.73. The van der Waals surface area contributed by atoms with Crippen molar-refractivity contribution in [3.05, 3.63) is 29.8 Å². The Morgan fingerprint density at radius 3 is 2.20 bits per heavy atom. The van der Waals surface area contributed by atoms with Crippen LogP contribution in [0.2, 0.25) is 0 Å². The van der Waals surface area contributed by atoms with E-state index in [1.165, 1.54) is 31.4 Å². The fourth-order valence-corrected chi connectivity index (χ4v) is 6.99. The Morgan fingerprint density at radius 2 is 1.55 bits per heavy atom. The lowest BCUT2D eigenvalue weighted by Crippen LogP contribution is -2.60. The third-order valence-electron chi connectivity index (χ3n) is 7.51. The van der Waals surface area contributed by atoms with Gasteiger partial charge in [-0.05, 0) is 74.3 Å². The Labute approximate surface area is 122 Å². The first kappa shape index (κ1) is 11.7. The van der Waals surface area contributed by atoms with Crippen molar-refractivity contribution >= 4 is 5.69 Å². The number of fused-ring (bicyclic) bond motifs is 1. The minimum Gasteiger partial charge on any atom is -0.371 e. The van der Waals surface area contributed by atoms with E-state index < -0.39 is 0 Å². The van der Waals surface area contributed by atoms with Gasteiger partial charge in [-0.1, -0.05) is 18.2 Å². The van der Waals surface area contributed by atoms with Gasteiger partial charge in [-0.2, -0.15) is 0 Å². The lowest BCUT2D eigenvalue weighted by atomic mass is 9.42. The molecule has 4 aliphatic carbocycles. The number of anilines is 1. The minimum absolute atomic E-state index is 0.485. The molecule has 106 valence electrons. The van der Waals surface area contributed by atoms with Crippen LogP contribution in [0.4, 0.5) is 5.69 Å². The van der Waals surface area contributed by atoms with Crippen molar-refractivity contribution in [3.8, 4) is 0 Å². The number of benzene rings is 1. The first-order chi connectivity index (χ1) is 9.71. The fraction of sp³-hybridized carbons (Fsp3) is 0.684. The molecule has 1 heteroatoms. The lowest BCUT2D eigenvalue weighted by molar-refractivity contribution is -0.0659. The summed E-state index contributed by atoms with van der Waals surface area (Å²) in [5.74, 6) is 4.04. The molecule has 5 aliphatic rings. The third-order valence-corrected chi connectivity index (χ3v) is 7.51. The second-order valence-corrected chi connectivity index (χ2v) is 8.04. The van der Waals surface area contributed by atoms with E-state index >= 15 is 0 Å². The van der Waals surface area contributed by atoms with Gasteiger partial charge in [-0.25, -0.2) is 0 Å². The van der Waals surface area contributed by atoms with E-state index in [1.807, 2.05) is 0 Å². The number of hydrogen-bond acceptors (Lipinski definition) is 1. The van der Waals surface area contributed by atoms with E-state index in [0.29, 0.717) is 11.5 Å². The molecule has 20 heavy (non-hydrogen) atoms. The van der Waals surface area contributed by atoms with Gasteiger partial charge in [0, 0.05) is 24.2 Å². The summed E-state index contributed by atoms with van der Waals surface area (Å²) < 4.78 is 0. The van der Waals surface area contributed by atoms with Crippen LogP contribution < -0.4 is 4.90 Å². The number of para-hydroxylation sites is 1. The molecule has 1 heterocycles. The Hall–Kier alpha value is -0.980. The smallest absolute Gasteiger partial charge is 0.0405 e. The maximum absolute atomic E-state index is 2.58. The normalized spacial score (nSPS) is 48.1. The molecule has 1 aliphatic heterocycles. The predicted molar refractivity (Wildman–Crippen MR) is 83.0 cm³/mol. The van der Waals surface area contributed by atoms with Crippen LogP contribution >= 0.6 is 0 Å². The highest BCUT2D eigenvalue weighted by molar-refractivity contribution is 5.65. The molecular weight excluding hydrogens is 242 g/mol. The number of rotatable bonds is 0. The van der Waals surface area contributed by atoms with E-state index in [9.17, 15) is 0 Å². The second kappa shape index (κ2) is 3.61. The summed E-state index contributed by atoms with van der Waals surface area (Å²) in [5, 5.41) is 0. The van der Waals surface area contributed by atoms with Crippen molar-refractivity contribution in [2.75, 3.05) is 11.9 Å². The molecule has 0 saturated heterocycles. The molecule has 1 aromatic rings. The zero-order valence-electron chi connectivity index (χ0n) is 12.7. The summed E-state index contributed by atoms with van der Waals surface area (Å²) >= 11 is 0. The highest BCUT2D eigenvalue weighted by Gasteiger charge is 2.63. The molecule has 4 saturated carbocycles. The summed E-state index contributed by atoms with van der Waals surface area (Å²) in [6, 6.07) is 9.99. The average molecular weight is 267 g/mol. The summed E-state index contributed by atoms with van der Waals surface area (Å²) in [7, 11) is 2.32. The maximum atomic E-state index is 2.58. The molecular formula is C19H25N. The van der Waals surface area contributed by atoms with Crippen molar-refractivity contribution in [1.82, 2.24) is 0 Å². The molecule has 0 aromatic heterocycles. The average Bonchev–Trinajstić information content (AvgIpc) is 2.67. The molecule has 1 atom stereocenters. The van der Waals surface area contributed by atoms with E-state index in [0.717, 1.165) is 23.7 Å². The molecule has 0 radical (unpaired) electrons. The van der Waals surface area contributed by atoms with E-state index in [2.05, 4.69) is 43.1 Å². The van der Waals surface area contributed by atoms with Gasteiger partial charge in [0.15, 0.2) is 0 Å². The minimum atomic E-state index is 0.485. The highest BCUT2D eigenvalue weighted by Crippen LogP contribution is 2.67. The predicted octanol–water partition coefficient (Wildman–Crippen LogP) is 4.22. The molecule has 6 rings (SSSR count). The van der Waals surface area contributed by atoms with Gasteiger partial charge in [0.05, 0.1) is 0 Å². The Kier molecular flexibility index (Phi) is 2.10. The van der Waals surface area contributed by atoms with Crippen molar-refractivity contribution in [2.45, 2.75) is 50.5 Å². The first-order valence-corrected chi connectivity index (χ1v) is 8.53. The van der Waals surface area contributed by atoms with Gasteiger partial charge in [-0.15, -0.1) is 0 Å². The number of likely N-dealkylation sites (N-methyl/N-ethyl adjacent to an activating group) is 1. The topological polar surface area (TPSA) is 3.24 Å². The monoisotopic (exact) mass is 267 g/mol. The van der Waals surface area contributed by atoms with E-state index in [1.54, 1.807) is 12.0 Å². The number of hydrogen-bond donors (Lipinski definition) is 0. The molecule has 4 fully saturated rings. The third kappa shape index (κ3) is 1.14. The lowest BCUT2D eigenvalue weighted by Gasteiger charge is -2.62. The van der Waals surface area contributed by atoms with Crippen LogP contribution in [0.5, 0.6) is 0 Å². The molecule has 0 amide bonds. The van der Waals surface area contributed by atoms with Crippen LogP contribution in [0.3, 0.4) is 0 Å². The van der Waals surface area contributed by atoms with Crippen molar-refractivity contribution in [1.29, 1.82) is 0 Å². The van der Waals surface area contributed by atoms with Crippen LogP contribution in [0.15, 0.2) is 24.3 Å². The van der Waals surface area contributed by atoms with Gasteiger partial charge >= 0.3 is 0 Å². The Bertz CT molecular complexity index is 533. The summed E-state index contributed by atoms with van der Waals surface area (Å²) in [4.78, 5) is 2.58. The molecule has 1 spiro atoms. The molecule has 0 unspecified atom stereocenters. The molecule has 0 N–H and O–H groups in total. The highest BCUT2D eigenvalue weighted by atomic mass is 15.2. The molecule has 4 bridgehead atoms. The van der Waals surface area contributed by atoms with Crippen molar-refractivity contribution < 1.29 is 0 Å². The van der Waals surface area contributed by atoms with Crippen LogP contribution in [-0.4, -0.2) is 13.1 Å². The largest absolute Gasteiger partial charge is 0.371 e. The summed E-state index contributed by atoms with van der Waals surface area (Å²) in [5.41, 5.74) is 3.70. The van der Waals surface area contributed by atoms with Crippen LogP contribution in [0.25, 0.3) is 0 Å². The van der Waals surface area contributed by atoms with Crippen LogP contribution in [-0.2, 0) is 5.41 Å². The zero-order valence-corrected chi connectivity index (χ0v) is 12.7. The van der Waals surface area contributed by atoms with Gasteiger partial charge in [-0.3, -0.25) is 0 Å².